The minimum atomic E-state index is 0.524. The maximum Gasteiger partial charge on any atom is 0.222 e. The van der Waals surface area contributed by atoms with Crippen molar-refractivity contribution in [1.82, 2.24) is 0 Å². The zero-order valence-corrected chi connectivity index (χ0v) is 20.6. The van der Waals surface area contributed by atoms with Crippen LogP contribution < -0.4 is 4.57 Å². The van der Waals surface area contributed by atoms with Crippen LogP contribution in [0.3, 0.4) is 0 Å². The molecule has 31 heavy (non-hydrogen) atoms. The smallest absolute Gasteiger partial charge is 0.200 e. The molecule has 0 fully saturated rings. The summed E-state index contributed by atoms with van der Waals surface area (Å²) in [4.78, 5) is 2.89. The average molecular weight is 427 g/mol. The summed E-state index contributed by atoms with van der Waals surface area (Å²) in [6, 6.07) is 14.1. The van der Waals surface area contributed by atoms with Crippen molar-refractivity contribution in [3.05, 3.63) is 64.8 Å². The molecule has 2 heteroatoms. The molecule has 1 aliphatic heterocycles. The van der Waals surface area contributed by atoms with Gasteiger partial charge in [-0.2, -0.15) is 0 Å². The standard InChI is InChI=1S/C29H32NS/c1-16(2)12-24-23-13-18(5)8-9-22(23)19(6)26-28-27-20(10-11-30(28)7)14-21(17(3)4)15-25(27)31-29(24)26/h8-11,13-17H,12H2,1-7H3/q+1. The molecular weight excluding hydrogens is 394 g/mol. The van der Waals surface area contributed by atoms with Crippen LogP contribution in [0.25, 0.3) is 32.8 Å². The van der Waals surface area contributed by atoms with Gasteiger partial charge in [-0.3, -0.25) is 0 Å². The Kier molecular flexibility index (Phi) is 4.90. The Hall–Kier alpha value is -2.32. The zero-order chi connectivity index (χ0) is 22.0. The minimum Gasteiger partial charge on any atom is -0.200 e. The van der Waals surface area contributed by atoms with E-state index in [-0.39, 0.29) is 0 Å². The SMILES string of the molecule is Cc1ccc2c(C)c3c(c(CC(C)C)c2c1)Sc1cc(C(C)C)cc2cc[n+](C)c-3c12. The Morgan fingerprint density at radius 3 is 2.42 bits per heavy atom. The molecule has 1 aromatic heterocycles. The number of aryl methyl sites for hydroxylation is 3. The molecule has 0 amide bonds. The lowest BCUT2D eigenvalue weighted by Crippen LogP contribution is -2.32. The minimum absolute atomic E-state index is 0.524. The molecule has 0 unspecified atom stereocenters. The lowest BCUT2D eigenvalue weighted by atomic mass is 9.87. The Morgan fingerprint density at radius 2 is 1.71 bits per heavy atom. The van der Waals surface area contributed by atoms with E-state index in [9.17, 15) is 0 Å². The summed E-state index contributed by atoms with van der Waals surface area (Å²) >= 11 is 2.01. The molecule has 0 aliphatic carbocycles. The van der Waals surface area contributed by atoms with E-state index in [2.05, 4.69) is 95.8 Å². The highest BCUT2D eigenvalue weighted by Gasteiger charge is 2.32. The third-order valence-electron chi connectivity index (χ3n) is 6.73. The fourth-order valence-electron chi connectivity index (χ4n) is 5.13. The highest BCUT2D eigenvalue weighted by Crippen LogP contribution is 2.52. The first-order valence-corrected chi connectivity index (χ1v) is 12.3. The van der Waals surface area contributed by atoms with Crippen molar-refractivity contribution in [2.45, 2.75) is 63.7 Å². The monoisotopic (exact) mass is 426 g/mol. The van der Waals surface area contributed by atoms with Gasteiger partial charge in [0.25, 0.3) is 0 Å². The second kappa shape index (κ2) is 7.38. The predicted octanol–water partition coefficient (Wildman–Crippen LogP) is 7.89. The van der Waals surface area contributed by atoms with Gasteiger partial charge in [-0.1, -0.05) is 69.3 Å². The summed E-state index contributed by atoms with van der Waals surface area (Å²) in [7, 11) is 2.20. The number of fused-ring (bicyclic) bond motifs is 3. The molecule has 0 bridgehead atoms. The van der Waals surface area contributed by atoms with Crippen LogP contribution in [0.5, 0.6) is 0 Å². The molecule has 0 radical (unpaired) electrons. The second-order valence-electron chi connectivity index (χ2n) is 9.97. The van der Waals surface area contributed by atoms with Crippen LogP contribution in [-0.2, 0) is 13.5 Å². The molecule has 1 aliphatic rings. The Balaban J connectivity index is 1.96. The number of hydrogen-bond acceptors (Lipinski definition) is 1. The van der Waals surface area contributed by atoms with Crippen LogP contribution in [0, 0.1) is 19.8 Å². The highest BCUT2D eigenvalue weighted by atomic mass is 32.2. The van der Waals surface area contributed by atoms with Gasteiger partial charge in [-0.25, -0.2) is 4.57 Å². The van der Waals surface area contributed by atoms with Crippen LogP contribution in [0.4, 0.5) is 0 Å². The Bertz CT molecular complexity index is 1360. The van der Waals surface area contributed by atoms with Crippen molar-refractivity contribution < 1.29 is 4.57 Å². The highest BCUT2D eigenvalue weighted by molar-refractivity contribution is 7.99. The fourth-order valence-corrected chi connectivity index (χ4v) is 6.53. The zero-order valence-electron chi connectivity index (χ0n) is 19.8. The van der Waals surface area contributed by atoms with E-state index < -0.39 is 0 Å². The molecule has 0 N–H and O–H groups in total. The molecule has 3 aromatic carbocycles. The lowest BCUT2D eigenvalue weighted by molar-refractivity contribution is -0.659. The molecule has 2 heterocycles. The van der Waals surface area contributed by atoms with Gasteiger partial charge in [-0.15, -0.1) is 0 Å². The van der Waals surface area contributed by atoms with Gasteiger partial charge in [0, 0.05) is 15.9 Å². The maximum absolute atomic E-state index is 2.44. The first-order valence-electron chi connectivity index (χ1n) is 11.5. The van der Waals surface area contributed by atoms with E-state index in [4.69, 9.17) is 0 Å². The molecule has 5 rings (SSSR count). The predicted molar refractivity (Wildman–Crippen MR) is 134 cm³/mol. The summed E-state index contributed by atoms with van der Waals surface area (Å²) in [6.07, 6.45) is 3.35. The number of benzene rings is 3. The van der Waals surface area contributed by atoms with Gasteiger partial charge in [0.15, 0.2) is 6.20 Å². The van der Waals surface area contributed by atoms with E-state index in [1.165, 1.54) is 64.8 Å². The quantitative estimate of drug-likeness (QED) is 0.265. The molecular formula is C29H32NS+. The molecule has 1 nitrogen and oxygen atoms in total. The van der Waals surface area contributed by atoms with Crippen LogP contribution in [0.1, 0.15) is 55.9 Å². The first-order chi connectivity index (χ1) is 14.8. The molecule has 0 spiro atoms. The van der Waals surface area contributed by atoms with Crippen LogP contribution in [0.2, 0.25) is 0 Å². The van der Waals surface area contributed by atoms with E-state index in [1.54, 1.807) is 0 Å². The third-order valence-corrected chi connectivity index (χ3v) is 7.93. The van der Waals surface area contributed by atoms with E-state index in [1.807, 2.05) is 11.8 Å². The Labute approximate surface area is 190 Å². The summed E-state index contributed by atoms with van der Waals surface area (Å²) in [6.45, 7) is 13.8. The van der Waals surface area contributed by atoms with Gasteiger partial charge >= 0.3 is 0 Å². The summed E-state index contributed by atoms with van der Waals surface area (Å²) < 4.78 is 2.34. The van der Waals surface area contributed by atoms with Crippen LogP contribution in [-0.4, -0.2) is 0 Å². The Morgan fingerprint density at radius 1 is 0.935 bits per heavy atom. The lowest BCUT2D eigenvalue weighted by Gasteiger charge is -2.26. The fraction of sp³-hybridized carbons (Fsp3) is 0.345. The van der Waals surface area contributed by atoms with Gasteiger partial charge in [0.2, 0.25) is 5.69 Å². The normalized spacial score (nSPS) is 12.9. The first kappa shape index (κ1) is 20.6. The molecule has 0 saturated carbocycles. The van der Waals surface area contributed by atoms with E-state index >= 15 is 0 Å². The summed E-state index contributed by atoms with van der Waals surface area (Å²) in [5.74, 6) is 1.14. The summed E-state index contributed by atoms with van der Waals surface area (Å²) in [5.41, 5.74) is 8.52. The van der Waals surface area contributed by atoms with E-state index in [0.717, 1.165) is 6.42 Å². The van der Waals surface area contributed by atoms with Crippen molar-refractivity contribution in [3.8, 4) is 11.3 Å². The van der Waals surface area contributed by atoms with Crippen molar-refractivity contribution in [2.24, 2.45) is 13.0 Å². The second-order valence-corrected chi connectivity index (χ2v) is 11.0. The van der Waals surface area contributed by atoms with Gasteiger partial charge in [-0.05, 0) is 71.0 Å². The number of hydrogen-bond donors (Lipinski definition) is 0. The van der Waals surface area contributed by atoms with Gasteiger partial charge < -0.3 is 0 Å². The molecule has 0 saturated heterocycles. The van der Waals surface area contributed by atoms with Crippen molar-refractivity contribution >= 4 is 33.3 Å². The van der Waals surface area contributed by atoms with Gasteiger partial charge in [0.05, 0.1) is 10.9 Å². The van der Waals surface area contributed by atoms with Gasteiger partial charge in [0.1, 0.15) is 7.05 Å². The number of pyridine rings is 1. The number of rotatable bonds is 3. The third kappa shape index (κ3) is 3.19. The number of aromatic nitrogens is 1. The summed E-state index contributed by atoms with van der Waals surface area (Å²) in [5, 5.41) is 5.62. The molecule has 158 valence electrons. The van der Waals surface area contributed by atoms with E-state index in [0.29, 0.717) is 11.8 Å². The molecule has 0 atom stereocenters. The molecule has 4 aromatic rings. The van der Waals surface area contributed by atoms with Crippen molar-refractivity contribution in [3.63, 3.8) is 0 Å². The number of nitrogens with zero attached hydrogens (tertiary/aromatic N) is 1. The van der Waals surface area contributed by atoms with Crippen LogP contribution >= 0.6 is 11.8 Å². The van der Waals surface area contributed by atoms with Crippen molar-refractivity contribution in [1.29, 1.82) is 0 Å². The average Bonchev–Trinajstić information content (AvgIpc) is 2.72. The topological polar surface area (TPSA) is 3.88 Å². The maximum atomic E-state index is 2.44. The van der Waals surface area contributed by atoms with Crippen molar-refractivity contribution in [2.75, 3.05) is 0 Å². The van der Waals surface area contributed by atoms with Crippen LogP contribution in [0.15, 0.2) is 52.4 Å². The largest absolute Gasteiger partial charge is 0.222 e.